The van der Waals surface area contributed by atoms with E-state index >= 15 is 0 Å². The Bertz CT molecular complexity index is 308. The molecule has 2 nitrogen and oxygen atoms in total. The summed E-state index contributed by atoms with van der Waals surface area (Å²) in [7, 11) is 0. The van der Waals surface area contributed by atoms with Gasteiger partial charge in [-0.1, -0.05) is 19.8 Å². The zero-order chi connectivity index (χ0) is 10.7. The van der Waals surface area contributed by atoms with E-state index in [1.807, 2.05) is 5.51 Å². The van der Waals surface area contributed by atoms with Gasteiger partial charge in [-0.3, -0.25) is 0 Å². The molecule has 1 aromatic rings. The van der Waals surface area contributed by atoms with E-state index in [1.54, 1.807) is 11.3 Å². The molecule has 0 aromatic carbocycles. The van der Waals surface area contributed by atoms with Crippen molar-refractivity contribution in [1.29, 1.82) is 0 Å². The van der Waals surface area contributed by atoms with Gasteiger partial charge < -0.3 is 5.32 Å². The molecule has 0 bridgehead atoms. The van der Waals surface area contributed by atoms with Crippen LogP contribution >= 0.6 is 11.3 Å². The Kier molecular flexibility index (Phi) is 3.76. The van der Waals surface area contributed by atoms with Gasteiger partial charge in [-0.05, 0) is 25.7 Å². The van der Waals surface area contributed by atoms with Gasteiger partial charge in [0, 0.05) is 17.5 Å². The first-order valence-electron chi connectivity index (χ1n) is 5.89. The largest absolute Gasteiger partial charge is 0.309 e. The number of aryl methyl sites for hydroxylation is 1. The molecule has 84 valence electrons. The van der Waals surface area contributed by atoms with Crippen LogP contribution in [0.25, 0.3) is 0 Å². The van der Waals surface area contributed by atoms with Crippen molar-refractivity contribution in [3.8, 4) is 0 Å². The minimum atomic E-state index is 0.722. The minimum Gasteiger partial charge on any atom is -0.309 e. The summed E-state index contributed by atoms with van der Waals surface area (Å²) >= 11 is 1.77. The summed E-state index contributed by atoms with van der Waals surface area (Å²) in [5.41, 5.74) is 3.13. The quantitative estimate of drug-likeness (QED) is 0.853. The highest BCUT2D eigenvalue weighted by molar-refractivity contribution is 7.09. The van der Waals surface area contributed by atoms with E-state index in [4.69, 9.17) is 0 Å². The third-order valence-corrected chi connectivity index (χ3v) is 4.42. The summed E-state index contributed by atoms with van der Waals surface area (Å²) in [5.74, 6) is 0.840. The van der Waals surface area contributed by atoms with E-state index in [9.17, 15) is 0 Å². The average molecular weight is 224 g/mol. The van der Waals surface area contributed by atoms with Crippen LogP contribution in [-0.2, 0) is 6.54 Å². The van der Waals surface area contributed by atoms with Crippen molar-refractivity contribution in [2.75, 3.05) is 0 Å². The van der Waals surface area contributed by atoms with Gasteiger partial charge in [-0.25, -0.2) is 4.98 Å². The van der Waals surface area contributed by atoms with Crippen molar-refractivity contribution in [1.82, 2.24) is 10.3 Å². The van der Waals surface area contributed by atoms with Crippen molar-refractivity contribution in [2.45, 2.75) is 52.1 Å². The summed E-state index contributed by atoms with van der Waals surface area (Å²) in [6, 6.07) is 0.722. The molecule has 1 N–H and O–H groups in total. The highest BCUT2D eigenvalue weighted by Crippen LogP contribution is 2.24. The molecule has 2 atom stereocenters. The van der Waals surface area contributed by atoms with Gasteiger partial charge in [0.05, 0.1) is 11.2 Å². The maximum absolute atomic E-state index is 4.28. The van der Waals surface area contributed by atoms with Gasteiger partial charge in [0.2, 0.25) is 0 Å². The van der Waals surface area contributed by atoms with Crippen LogP contribution < -0.4 is 5.32 Å². The number of thiazole rings is 1. The molecular formula is C12H20N2S. The van der Waals surface area contributed by atoms with E-state index in [2.05, 4.69) is 24.1 Å². The van der Waals surface area contributed by atoms with Crippen molar-refractivity contribution >= 4 is 11.3 Å². The lowest BCUT2D eigenvalue weighted by atomic mass is 9.86. The van der Waals surface area contributed by atoms with Gasteiger partial charge >= 0.3 is 0 Å². The van der Waals surface area contributed by atoms with Gasteiger partial charge in [0.15, 0.2) is 0 Å². The van der Waals surface area contributed by atoms with E-state index < -0.39 is 0 Å². The molecule has 0 amide bonds. The van der Waals surface area contributed by atoms with Crippen LogP contribution in [0.5, 0.6) is 0 Å². The van der Waals surface area contributed by atoms with Gasteiger partial charge in [-0.15, -0.1) is 11.3 Å². The molecule has 2 unspecified atom stereocenters. The van der Waals surface area contributed by atoms with Crippen LogP contribution in [0, 0.1) is 12.8 Å². The zero-order valence-electron chi connectivity index (χ0n) is 9.62. The van der Waals surface area contributed by atoms with Crippen molar-refractivity contribution in [3.63, 3.8) is 0 Å². The number of hydrogen-bond acceptors (Lipinski definition) is 3. The molecule has 0 spiro atoms. The van der Waals surface area contributed by atoms with E-state index in [1.165, 1.54) is 36.3 Å². The smallest absolute Gasteiger partial charge is 0.0798 e. The number of hydrogen-bond donors (Lipinski definition) is 1. The first-order chi connectivity index (χ1) is 7.27. The molecule has 0 radical (unpaired) electrons. The zero-order valence-corrected chi connectivity index (χ0v) is 10.4. The Balaban J connectivity index is 1.84. The molecule has 2 rings (SSSR count). The fraction of sp³-hybridized carbons (Fsp3) is 0.750. The number of rotatable bonds is 3. The lowest BCUT2D eigenvalue weighted by Crippen LogP contribution is -2.36. The maximum Gasteiger partial charge on any atom is 0.0798 e. The average Bonchev–Trinajstić information content (AvgIpc) is 2.63. The SMILES string of the molecule is Cc1ncsc1CNC1CCCCC1C. The third-order valence-electron chi connectivity index (χ3n) is 3.48. The summed E-state index contributed by atoms with van der Waals surface area (Å²) in [5, 5.41) is 3.68. The first-order valence-corrected chi connectivity index (χ1v) is 6.77. The monoisotopic (exact) mass is 224 g/mol. The molecule has 1 aliphatic carbocycles. The molecule has 1 aliphatic rings. The van der Waals surface area contributed by atoms with Crippen LogP contribution in [0.2, 0.25) is 0 Å². The van der Waals surface area contributed by atoms with Crippen molar-refractivity contribution in [3.05, 3.63) is 16.1 Å². The lowest BCUT2D eigenvalue weighted by molar-refractivity contribution is 0.280. The fourth-order valence-corrected chi connectivity index (χ4v) is 3.07. The Labute approximate surface area is 96.1 Å². The van der Waals surface area contributed by atoms with E-state index in [0.717, 1.165) is 18.5 Å². The molecule has 3 heteroatoms. The molecule has 15 heavy (non-hydrogen) atoms. The minimum absolute atomic E-state index is 0.722. The molecule has 1 aromatic heterocycles. The normalized spacial score (nSPS) is 26.8. The predicted molar refractivity (Wildman–Crippen MR) is 65.1 cm³/mol. The number of aromatic nitrogens is 1. The number of nitrogens with one attached hydrogen (secondary N) is 1. The molecule has 0 saturated heterocycles. The van der Waals surface area contributed by atoms with Crippen LogP contribution in [0.4, 0.5) is 0 Å². The topological polar surface area (TPSA) is 24.9 Å². The lowest BCUT2D eigenvalue weighted by Gasteiger charge is -2.29. The maximum atomic E-state index is 4.28. The van der Waals surface area contributed by atoms with Crippen LogP contribution in [0.1, 0.15) is 43.2 Å². The van der Waals surface area contributed by atoms with Gasteiger partial charge in [0.25, 0.3) is 0 Å². The van der Waals surface area contributed by atoms with E-state index in [0.29, 0.717) is 0 Å². The summed E-state index contributed by atoms with van der Waals surface area (Å²) in [6.45, 7) is 5.47. The molecular weight excluding hydrogens is 204 g/mol. The second-order valence-electron chi connectivity index (χ2n) is 4.61. The van der Waals surface area contributed by atoms with Crippen molar-refractivity contribution in [2.24, 2.45) is 5.92 Å². The molecule has 1 saturated carbocycles. The standard InChI is InChI=1S/C12H20N2S/c1-9-5-3-4-6-11(9)13-7-12-10(2)14-8-15-12/h8-9,11,13H,3-7H2,1-2H3. The third kappa shape index (κ3) is 2.79. The molecule has 0 aliphatic heterocycles. The summed E-state index contributed by atoms with van der Waals surface area (Å²) in [4.78, 5) is 5.67. The summed E-state index contributed by atoms with van der Waals surface area (Å²) < 4.78 is 0. The second-order valence-corrected chi connectivity index (χ2v) is 5.55. The first kappa shape index (κ1) is 11.1. The number of nitrogens with zero attached hydrogens (tertiary/aromatic N) is 1. The van der Waals surface area contributed by atoms with Crippen LogP contribution in [0.3, 0.4) is 0 Å². The van der Waals surface area contributed by atoms with Crippen LogP contribution in [0.15, 0.2) is 5.51 Å². The highest BCUT2D eigenvalue weighted by Gasteiger charge is 2.20. The molecule has 1 heterocycles. The van der Waals surface area contributed by atoms with Gasteiger partial charge in [0.1, 0.15) is 0 Å². The van der Waals surface area contributed by atoms with Crippen LogP contribution in [-0.4, -0.2) is 11.0 Å². The summed E-state index contributed by atoms with van der Waals surface area (Å²) in [6.07, 6.45) is 5.54. The second kappa shape index (κ2) is 5.08. The van der Waals surface area contributed by atoms with E-state index in [-0.39, 0.29) is 0 Å². The van der Waals surface area contributed by atoms with Crippen molar-refractivity contribution < 1.29 is 0 Å². The Morgan fingerprint density at radius 2 is 2.27 bits per heavy atom. The predicted octanol–water partition coefficient (Wildman–Crippen LogP) is 3.12. The highest BCUT2D eigenvalue weighted by atomic mass is 32.1. The van der Waals surface area contributed by atoms with Gasteiger partial charge in [-0.2, -0.15) is 0 Å². The Morgan fingerprint density at radius 3 is 2.93 bits per heavy atom. The molecule has 1 fully saturated rings. The fourth-order valence-electron chi connectivity index (χ4n) is 2.34. The Hall–Kier alpha value is -0.410. The Morgan fingerprint density at radius 1 is 1.47 bits per heavy atom.